The van der Waals surface area contributed by atoms with E-state index in [0.29, 0.717) is 18.0 Å². The fraction of sp³-hybridized carbons (Fsp3) is 0.632. The molecule has 0 aliphatic carbocycles. The number of rotatable bonds is 12. The molecule has 27 heavy (non-hydrogen) atoms. The first-order valence-corrected chi connectivity index (χ1v) is 9.59. The summed E-state index contributed by atoms with van der Waals surface area (Å²) >= 11 is 0. The lowest BCUT2D eigenvalue weighted by atomic mass is 10.1. The number of imide groups is 2. The molecule has 0 aromatic carbocycles. The van der Waals surface area contributed by atoms with E-state index in [4.69, 9.17) is 4.84 Å². The molecule has 0 spiro atoms. The fourth-order valence-electron chi connectivity index (χ4n) is 3.06. The number of hydrogen-bond acceptors (Lipinski definition) is 6. The van der Waals surface area contributed by atoms with Gasteiger partial charge in [-0.3, -0.25) is 24.1 Å². The summed E-state index contributed by atoms with van der Waals surface area (Å²) in [4.78, 5) is 63.1. The van der Waals surface area contributed by atoms with Gasteiger partial charge in [0.25, 0.3) is 23.6 Å². The highest BCUT2D eigenvalue weighted by atomic mass is 16.7. The van der Waals surface area contributed by atoms with E-state index in [0.717, 1.165) is 44.9 Å². The summed E-state index contributed by atoms with van der Waals surface area (Å²) in [6.07, 6.45) is 10.5. The third kappa shape index (κ3) is 6.62. The summed E-state index contributed by atoms with van der Waals surface area (Å²) in [7, 11) is 0. The molecule has 1 saturated heterocycles. The van der Waals surface area contributed by atoms with Gasteiger partial charge in [-0.1, -0.05) is 38.5 Å². The number of hydroxylamine groups is 2. The Morgan fingerprint density at radius 2 is 1.26 bits per heavy atom. The van der Waals surface area contributed by atoms with Crippen LogP contribution < -0.4 is 0 Å². The average Bonchev–Trinajstić information content (AvgIpc) is 3.13. The molecule has 0 aromatic rings. The smallest absolute Gasteiger partial charge is 0.330 e. The van der Waals surface area contributed by atoms with E-state index in [9.17, 15) is 24.0 Å². The van der Waals surface area contributed by atoms with Crippen molar-refractivity contribution in [2.75, 3.05) is 6.54 Å². The quantitative estimate of drug-likeness (QED) is 0.380. The lowest BCUT2D eigenvalue weighted by Crippen LogP contribution is -2.31. The van der Waals surface area contributed by atoms with Gasteiger partial charge in [-0.05, 0) is 12.8 Å². The van der Waals surface area contributed by atoms with Crippen molar-refractivity contribution in [1.82, 2.24) is 9.96 Å². The van der Waals surface area contributed by atoms with Gasteiger partial charge in [-0.15, -0.1) is 5.06 Å². The molecule has 2 rings (SSSR count). The predicted molar refractivity (Wildman–Crippen MR) is 94.6 cm³/mol. The molecule has 0 saturated carbocycles. The van der Waals surface area contributed by atoms with Gasteiger partial charge in [-0.25, -0.2) is 4.79 Å². The molecule has 0 aromatic heterocycles. The largest absolute Gasteiger partial charge is 0.333 e. The van der Waals surface area contributed by atoms with E-state index in [-0.39, 0.29) is 31.1 Å². The minimum absolute atomic E-state index is 0.105. The molecule has 2 aliphatic rings. The van der Waals surface area contributed by atoms with Crippen LogP contribution in [0.15, 0.2) is 12.2 Å². The maximum Gasteiger partial charge on any atom is 0.333 e. The van der Waals surface area contributed by atoms with Crippen LogP contribution in [0.25, 0.3) is 0 Å². The minimum atomic E-state index is -0.543. The summed E-state index contributed by atoms with van der Waals surface area (Å²) in [5.74, 6) is -1.90. The van der Waals surface area contributed by atoms with Crippen LogP contribution in [-0.2, 0) is 28.8 Å². The van der Waals surface area contributed by atoms with E-state index < -0.39 is 17.8 Å². The number of unbranched alkanes of at least 4 members (excludes halogenated alkanes) is 7. The van der Waals surface area contributed by atoms with Crippen molar-refractivity contribution in [2.24, 2.45) is 0 Å². The predicted octanol–water partition coefficient (Wildman–Crippen LogP) is 2.03. The lowest BCUT2D eigenvalue weighted by molar-refractivity contribution is -0.197. The van der Waals surface area contributed by atoms with Crippen LogP contribution in [0.3, 0.4) is 0 Å². The Bertz CT molecular complexity index is 594. The topological polar surface area (TPSA) is 101 Å². The molecule has 0 radical (unpaired) electrons. The van der Waals surface area contributed by atoms with Gasteiger partial charge in [0, 0.05) is 38.0 Å². The molecule has 8 nitrogen and oxygen atoms in total. The molecule has 0 bridgehead atoms. The molecule has 0 atom stereocenters. The average molecular weight is 378 g/mol. The van der Waals surface area contributed by atoms with E-state index in [1.54, 1.807) is 0 Å². The normalized spacial score (nSPS) is 16.7. The number of carbonyl (C=O) groups excluding carboxylic acids is 5. The molecule has 1 fully saturated rings. The van der Waals surface area contributed by atoms with Crippen molar-refractivity contribution in [3.05, 3.63) is 12.2 Å². The van der Waals surface area contributed by atoms with E-state index >= 15 is 0 Å². The molecular formula is C19H26N2O6. The Morgan fingerprint density at radius 3 is 1.81 bits per heavy atom. The second-order valence-corrected chi connectivity index (χ2v) is 6.79. The first-order chi connectivity index (χ1) is 13.0. The van der Waals surface area contributed by atoms with Crippen LogP contribution in [0.1, 0.15) is 70.6 Å². The van der Waals surface area contributed by atoms with Gasteiger partial charge in [0.1, 0.15) is 0 Å². The summed E-state index contributed by atoms with van der Waals surface area (Å²) < 4.78 is 0. The molecule has 0 unspecified atom stereocenters. The third-order valence-electron chi connectivity index (χ3n) is 4.61. The fourth-order valence-corrected chi connectivity index (χ4v) is 3.06. The molecule has 4 amide bonds. The maximum absolute atomic E-state index is 11.6. The molecule has 148 valence electrons. The van der Waals surface area contributed by atoms with Crippen LogP contribution in [0.2, 0.25) is 0 Å². The number of carbonyl (C=O) groups is 5. The Morgan fingerprint density at radius 1 is 0.778 bits per heavy atom. The van der Waals surface area contributed by atoms with E-state index in [2.05, 4.69) is 0 Å². The van der Waals surface area contributed by atoms with Gasteiger partial charge < -0.3 is 4.84 Å². The van der Waals surface area contributed by atoms with E-state index in [1.807, 2.05) is 0 Å². The van der Waals surface area contributed by atoms with Crippen molar-refractivity contribution >= 4 is 29.6 Å². The Labute approximate surface area is 158 Å². The van der Waals surface area contributed by atoms with E-state index in [1.165, 1.54) is 17.1 Å². The first-order valence-electron chi connectivity index (χ1n) is 9.59. The van der Waals surface area contributed by atoms with Crippen molar-refractivity contribution in [1.29, 1.82) is 0 Å². The van der Waals surface area contributed by atoms with Crippen LogP contribution in [0.4, 0.5) is 0 Å². The molecule has 2 aliphatic heterocycles. The molecular weight excluding hydrogens is 352 g/mol. The highest BCUT2D eigenvalue weighted by molar-refractivity contribution is 6.12. The highest BCUT2D eigenvalue weighted by Gasteiger charge is 2.32. The monoisotopic (exact) mass is 378 g/mol. The zero-order chi connectivity index (χ0) is 19.6. The van der Waals surface area contributed by atoms with Gasteiger partial charge in [-0.2, -0.15) is 0 Å². The Hall–Kier alpha value is -2.51. The molecule has 8 heteroatoms. The number of amides is 4. The Balaban J connectivity index is 1.40. The van der Waals surface area contributed by atoms with Crippen molar-refractivity contribution in [3.63, 3.8) is 0 Å². The zero-order valence-electron chi connectivity index (χ0n) is 15.5. The van der Waals surface area contributed by atoms with Gasteiger partial charge >= 0.3 is 5.97 Å². The van der Waals surface area contributed by atoms with Gasteiger partial charge in [0.2, 0.25) is 0 Å². The SMILES string of the molecule is O=C(CCCCCCCCCCN1C(=O)C=CC1=O)ON1C(=O)CCC1=O. The molecule has 0 N–H and O–H groups in total. The number of nitrogens with zero attached hydrogens (tertiary/aromatic N) is 2. The van der Waals surface area contributed by atoms with Gasteiger partial charge in [0.05, 0.1) is 0 Å². The van der Waals surface area contributed by atoms with Crippen molar-refractivity contribution in [3.8, 4) is 0 Å². The maximum atomic E-state index is 11.6. The Kier molecular flexibility index (Phi) is 8.16. The summed E-state index contributed by atoms with van der Waals surface area (Å²) in [6.45, 7) is 0.481. The van der Waals surface area contributed by atoms with Crippen LogP contribution in [-0.4, -0.2) is 46.1 Å². The summed E-state index contributed by atoms with van der Waals surface area (Å²) in [5, 5.41) is 0.585. The van der Waals surface area contributed by atoms with Crippen LogP contribution >= 0.6 is 0 Å². The minimum Gasteiger partial charge on any atom is -0.330 e. The zero-order valence-corrected chi connectivity index (χ0v) is 15.5. The lowest BCUT2D eigenvalue weighted by Gasteiger charge is -2.13. The van der Waals surface area contributed by atoms with Crippen molar-refractivity contribution in [2.45, 2.75) is 70.6 Å². The second kappa shape index (κ2) is 10.6. The number of hydrogen-bond donors (Lipinski definition) is 0. The first kappa shape index (κ1) is 20.8. The van der Waals surface area contributed by atoms with Crippen molar-refractivity contribution < 1.29 is 28.8 Å². The standard InChI is InChI=1S/C19H26N2O6/c22-15-10-11-16(23)20(15)14-8-6-4-2-1-3-5-7-9-19(26)27-21-17(24)12-13-18(21)25/h10-11H,1-9,12-14H2. The highest BCUT2D eigenvalue weighted by Crippen LogP contribution is 2.15. The van der Waals surface area contributed by atoms with Gasteiger partial charge in [0.15, 0.2) is 0 Å². The summed E-state index contributed by atoms with van der Waals surface area (Å²) in [6, 6.07) is 0. The molecule has 2 heterocycles. The summed E-state index contributed by atoms with van der Waals surface area (Å²) in [5.41, 5.74) is 0. The van der Waals surface area contributed by atoms with Crippen LogP contribution in [0.5, 0.6) is 0 Å². The third-order valence-corrected chi connectivity index (χ3v) is 4.61. The second-order valence-electron chi connectivity index (χ2n) is 6.79. The van der Waals surface area contributed by atoms with Crippen LogP contribution in [0, 0.1) is 0 Å².